The average Bonchev–Trinajstić information content (AvgIpc) is 1.18. The number of likely N-dealkylation sites (tertiary alicyclic amines) is 1. The molecule has 4 saturated carbocycles. The van der Waals surface area contributed by atoms with Crippen LogP contribution >= 0.6 is 22.7 Å². The number of para-hydroxylation sites is 1. The maximum atomic E-state index is 14.4. The number of hydrogen-bond acceptors (Lipinski definition) is 14. The molecule has 472 valence electrons. The summed E-state index contributed by atoms with van der Waals surface area (Å²) in [7, 11) is 0. The topological polar surface area (TPSA) is 254 Å². The summed E-state index contributed by atoms with van der Waals surface area (Å²) in [5.74, 6) is -0.872. The van der Waals surface area contributed by atoms with Crippen molar-refractivity contribution >= 4 is 79.3 Å². The van der Waals surface area contributed by atoms with Crippen molar-refractivity contribution < 1.29 is 39.0 Å². The highest BCUT2D eigenvalue weighted by molar-refractivity contribution is 7.22. The number of benzene rings is 3. The SMILES string of the molecule is Cc1ncsc1-c1ccc([C@H](C)NC(=O)[C@@H]2C[C@@H](O)CN2C(=O)C(NC(=O)CCCCCCNC(=O)C23CC4CC(CC(Cn5ncc(-c6ccc(N7CCc8cccc(C(=O)Nc9nc%10ccccc%10s9)c8C7)nc6C(=O)O)c5C)(C4)C2)C3)C(C)(C)C)cc1. The quantitative estimate of drug-likeness (QED) is 0.0367. The molecule has 5 fully saturated rings. The molecule has 0 spiro atoms. The number of aliphatic hydroxyl groups excluding tert-OH is 1. The first-order chi connectivity index (χ1) is 43.1. The van der Waals surface area contributed by atoms with Gasteiger partial charge < -0.3 is 36.0 Å². The second-order valence-electron chi connectivity index (χ2n) is 27.3. The largest absolute Gasteiger partial charge is 0.476 e. The number of carboxylic acids is 1. The van der Waals surface area contributed by atoms with Crippen LogP contribution in [0.1, 0.15) is 160 Å². The van der Waals surface area contributed by atoms with Crippen LogP contribution in [0, 0.1) is 41.9 Å². The van der Waals surface area contributed by atoms with Crippen LogP contribution in [0.5, 0.6) is 0 Å². The smallest absolute Gasteiger partial charge is 0.355 e. The lowest BCUT2D eigenvalue weighted by molar-refractivity contribution is -0.159. The number of carbonyl (C=O) groups is 6. The highest BCUT2D eigenvalue weighted by Gasteiger charge is 2.60. The van der Waals surface area contributed by atoms with Gasteiger partial charge in [-0.15, -0.1) is 11.3 Å². The van der Waals surface area contributed by atoms with Crippen LogP contribution in [0.2, 0.25) is 0 Å². The van der Waals surface area contributed by atoms with E-state index in [2.05, 4.69) is 31.2 Å². The molecule has 6 atom stereocenters. The van der Waals surface area contributed by atoms with Gasteiger partial charge in [0.25, 0.3) is 5.91 Å². The van der Waals surface area contributed by atoms with Crippen LogP contribution in [-0.4, -0.2) is 113 Å². The summed E-state index contributed by atoms with van der Waals surface area (Å²) >= 11 is 3.00. The van der Waals surface area contributed by atoms with E-state index in [1.807, 2.05) is 135 Å². The average molecular weight is 1260 g/mol. The minimum absolute atomic E-state index is 0.00544. The number of aliphatic hydroxyl groups is 1. The van der Waals surface area contributed by atoms with Gasteiger partial charge in [0.15, 0.2) is 10.8 Å². The number of anilines is 2. The summed E-state index contributed by atoms with van der Waals surface area (Å²) in [6, 6.07) is 23.0. The highest BCUT2D eigenvalue weighted by Crippen LogP contribution is 2.66. The van der Waals surface area contributed by atoms with E-state index in [-0.39, 0.29) is 60.2 Å². The molecule has 13 rings (SSSR count). The number of pyridine rings is 1. The Bertz CT molecular complexity index is 3840. The third-order valence-corrected chi connectivity index (χ3v) is 21.6. The molecular formula is C69H81N11O8S2. The summed E-state index contributed by atoms with van der Waals surface area (Å²) in [5.41, 5.74) is 8.74. The fourth-order valence-electron chi connectivity index (χ4n) is 15.6. The summed E-state index contributed by atoms with van der Waals surface area (Å²) < 4.78 is 3.00. The molecule has 0 radical (unpaired) electrons. The van der Waals surface area contributed by atoms with E-state index in [1.54, 1.807) is 17.5 Å². The molecule has 6 N–H and O–H groups in total. The minimum Gasteiger partial charge on any atom is -0.476 e. The first kappa shape index (κ1) is 62.3. The first-order valence-electron chi connectivity index (χ1n) is 31.8. The third-order valence-electron chi connectivity index (χ3n) is 19.7. The van der Waals surface area contributed by atoms with Gasteiger partial charge in [-0.3, -0.25) is 34.0 Å². The summed E-state index contributed by atoms with van der Waals surface area (Å²) in [6.45, 7) is 13.6. The number of amides is 5. The molecule has 90 heavy (non-hydrogen) atoms. The van der Waals surface area contributed by atoms with Crippen LogP contribution in [0.15, 0.2) is 90.6 Å². The minimum atomic E-state index is -1.14. The van der Waals surface area contributed by atoms with E-state index in [0.29, 0.717) is 78.5 Å². The Morgan fingerprint density at radius 3 is 2.34 bits per heavy atom. The molecule has 21 heteroatoms. The predicted octanol–water partition coefficient (Wildman–Crippen LogP) is 10.8. The van der Waals surface area contributed by atoms with Crippen molar-refractivity contribution in [1.29, 1.82) is 0 Å². The lowest BCUT2D eigenvalue weighted by atomic mass is 9.44. The number of aromatic nitrogens is 5. The molecule has 6 heterocycles. The van der Waals surface area contributed by atoms with Crippen molar-refractivity contribution in [2.45, 2.75) is 162 Å². The fourth-order valence-corrected chi connectivity index (χ4v) is 17.3. The Labute approximate surface area is 532 Å². The Kier molecular flexibility index (Phi) is 17.6. The van der Waals surface area contributed by atoms with Crippen molar-refractivity contribution in [1.82, 2.24) is 45.6 Å². The Morgan fingerprint density at radius 1 is 0.844 bits per heavy atom. The molecule has 2 aliphatic heterocycles. The number of thiazole rings is 2. The summed E-state index contributed by atoms with van der Waals surface area (Å²) in [4.78, 5) is 101. The number of nitrogens with zero attached hydrogens (tertiary/aromatic N) is 7. The number of β-amino-alcohol motifs (C(OH)–C–C–N with tert-alkyl or cyclic N) is 1. The second kappa shape index (κ2) is 25.4. The number of aromatic carboxylic acids is 1. The van der Waals surface area contributed by atoms with Crippen LogP contribution in [-0.2, 0) is 38.7 Å². The molecule has 6 aliphatic rings. The van der Waals surface area contributed by atoms with Crippen molar-refractivity contribution in [2.24, 2.45) is 28.1 Å². The molecule has 3 unspecified atom stereocenters. The summed E-state index contributed by atoms with van der Waals surface area (Å²) in [6.07, 6.45) is 10.5. The maximum absolute atomic E-state index is 14.4. The number of carbonyl (C=O) groups excluding carboxylic acids is 5. The maximum Gasteiger partial charge on any atom is 0.355 e. The zero-order valence-corrected chi connectivity index (χ0v) is 53.8. The molecule has 7 aromatic rings. The van der Waals surface area contributed by atoms with Gasteiger partial charge in [0.1, 0.15) is 17.9 Å². The fraction of sp³-hybridized carbons (Fsp3) is 0.478. The number of nitrogens with one attached hydrogen (secondary N) is 4. The second-order valence-corrected chi connectivity index (χ2v) is 29.2. The molecule has 4 aliphatic carbocycles. The van der Waals surface area contributed by atoms with Crippen LogP contribution in [0.4, 0.5) is 10.9 Å². The molecule has 4 aromatic heterocycles. The van der Waals surface area contributed by atoms with E-state index < -0.39 is 40.9 Å². The Morgan fingerprint density at radius 2 is 1.61 bits per heavy atom. The van der Waals surface area contributed by atoms with Crippen molar-refractivity contribution in [3.8, 4) is 21.6 Å². The van der Waals surface area contributed by atoms with Crippen molar-refractivity contribution in [3.05, 3.63) is 130 Å². The normalized spacial score (nSPS) is 22.5. The number of fused-ring (bicyclic) bond motifs is 2. The van der Waals surface area contributed by atoms with E-state index in [0.717, 1.165) is 107 Å². The number of aryl methyl sites for hydroxylation is 1. The molecule has 4 bridgehead atoms. The number of carboxylic acid groups (broad SMARTS) is 1. The molecular weight excluding hydrogens is 1170 g/mol. The van der Waals surface area contributed by atoms with Gasteiger partial charge in [-0.2, -0.15) is 5.10 Å². The van der Waals surface area contributed by atoms with E-state index in [9.17, 15) is 39.0 Å². The first-order valence-corrected chi connectivity index (χ1v) is 33.5. The van der Waals surface area contributed by atoms with E-state index in [1.165, 1.54) is 16.2 Å². The van der Waals surface area contributed by atoms with Gasteiger partial charge in [-0.1, -0.05) is 93.5 Å². The van der Waals surface area contributed by atoms with Crippen molar-refractivity contribution in [2.75, 3.05) is 29.9 Å². The molecule has 5 amide bonds. The highest BCUT2D eigenvalue weighted by atomic mass is 32.1. The zero-order valence-electron chi connectivity index (χ0n) is 52.1. The third kappa shape index (κ3) is 12.9. The number of unbranched alkanes of at least 4 members (excludes halogenated alkanes) is 3. The number of hydrogen-bond donors (Lipinski definition) is 6. The lowest BCUT2D eigenvalue weighted by Gasteiger charge is -2.61. The number of rotatable bonds is 21. The standard InChI is InChI=1S/C69H81N11O8S2/c1-40(45-19-21-47(22-20-45)59-41(2)71-39-89-59)73-62(84)54-29-48(81)35-79(54)63(85)60(67(4,5)6)76-57(82)18-9-7-8-12-26-70-65(88)69-32-43-28-44(33-69)31-68(30-43,37-69)38-80-42(3)51(34-72-80)49-23-24-56(75-58(49)64(86)87)78-27-25-46-14-13-15-50(52(46)36-78)61(83)77-66-74-53-16-10-11-17-55(53)90-66/h10-11,13-17,19-24,34,39-40,43-44,48,54,60,81H,7-9,12,18,25-33,35-38H2,1-6H3,(H,70,88)(H,73,84)(H,76,82)(H,86,87)(H,74,77,83)/t40-,43?,44?,48+,54-,60?,68?,69?/m0/s1. The van der Waals surface area contributed by atoms with Gasteiger partial charge in [0.2, 0.25) is 23.6 Å². The monoisotopic (exact) mass is 1260 g/mol. The van der Waals surface area contributed by atoms with Crippen LogP contribution < -0.4 is 26.2 Å². The van der Waals surface area contributed by atoms with Crippen LogP contribution in [0.3, 0.4) is 0 Å². The van der Waals surface area contributed by atoms with Gasteiger partial charge in [0, 0.05) is 67.9 Å². The van der Waals surface area contributed by atoms with Gasteiger partial charge in [0.05, 0.1) is 50.1 Å². The molecule has 19 nitrogen and oxygen atoms in total. The summed E-state index contributed by atoms with van der Waals surface area (Å²) in [5, 5.41) is 39.3. The van der Waals surface area contributed by atoms with E-state index in [4.69, 9.17) is 10.1 Å². The zero-order chi connectivity index (χ0) is 63.2. The Hall–Kier alpha value is -7.88. The van der Waals surface area contributed by atoms with Gasteiger partial charge in [-0.25, -0.2) is 19.7 Å². The molecule has 3 aromatic carbocycles. The molecule has 1 saturated heterocycles. The van der Waals surface area contributed by atoms with Gasteiger partial charge in [-0.05, 0) is 154 Å². The predicted molar refractivity (Wildman–Crippen MR) is 348 cm³/mol. The van der Waals surface area contributed by atoms with Crippen LogP contribution in [0.25, 0.3) is 31.8 Å². The Balaban J connectivity index is 0.616. The lowest BCUT2D eigenvalue weighted by Crippen LogP contribution is -2.58. The van der Waals surface area contributed by atoms with E-state index >= 15 is 0 Å². The van der Waals surface area contributed by atoms with Crippen molar-refractivity contribution in [3.63, 3.8) is 0 Å². The van der Waals surface area contributed by atoms with Gasteiger partial charge >= 0.3 is 5.97 Å².